The summed E-state index contributed by atoms with van der Waals surface area (Å²) in [6.07, 6.45) is 7.83. The van der Waals surface area contributed by atoms with Crippen molar-refractivity contribution in [2.45, 2.75) is 37.8 Å². The van der Waals surface area contributed by atoms with Gasteiger partial charge in [-0.15, -0.1) is 11.3 Å². The molecule has 1 saturated carbocycles. The van der Waals surface area contributed by atoms with Crippen LogP contribution in [-0.2, 0) is 7.05 Å². The van der Waals surface area contributed by atoms with Crippen LogP contribution < -0.4 is 16.4 Å². The first-order valence-electron chi connectivity index (χ1n) is 10.1. The maximum Gasteiger partial charge on any atom is 0.258 e. The summed E-state index contributed by atoms with van der Waals surface area (Å²) in [5, 5.41) is 8.18. The molecule has 0 aliphatic heterocycles. The molecule has 0 radical (unpaired) electrons. The average molecular weight is 422 g/mol. The summed E-state index contributed by atoms with van der Waals surface area (Å²) in [4.78, 5) is 26.5. The first-order chi connectivity index (χ1) is 14.6. The first kappa shape index (κ1) is 19.0. The molecule has 8 nitrogen and oxygen atoms in total. The fourth-order valence-electron chi connectivity index (χ4n) is 4.01. The molecule has 154 valence electrons. The van der Waals surface area contributed by atoms with E-state index < -0.39 is 0 Å². The maximum absolute atomic E-state index is 13.1. The number of aromatic nitrogens is 4. The van der Waals surface area contributed by atoms with Gasteiger partial charge in [0.2, 0.25) is 5.95 Å². The SMILES string of the molecule is Cn1cnc2c(NC(=O)c3csc4cnc(N[C@@H]5CCCC[C@@H]5N)nc34)cccc21. The van der Waals surface area contributed by atoms with Crippen LogP contribution in [0, 0.1) is 0 Å². The number of thiophene rings is 1. The largest absolute Gasteiger partial charge is 0.350 e. The van der Waals surface area contributed by atoms with Gasteiger partial charge in [-0.3, -0.25) is 4.79 Å². The number of benzene rings is 1. The number of hydrogen-bond acceptors (Lipinski definition) is 7. The van der Waals surface area contributed by atoms with Crippen LogP contribution in [0.4, 0.5) is 11.6 Å². The van der Waals surface area contributed by atoms with Crippen LogP contribution >= 0.6 is 11.3 Å². The van der Waals surface area contributed by atoms with E-state index in [1.807, 2.05) is 35.2 Å². The van der Waals surface area contributed by atoms with Crippen LogP contribution in [0.2, 0.25) is 0 Å². The zero-order valence-electron chi connectivity index (χ0n) is 16.6. The Morgan fingerprint density at radius 2 is 2.10 bits per heavy atom. The van der Waals surface area contributed by atoms with Crippen LogP contribution in [0.3, 0.4) is 0 Å². The molecular formula is C21H23N7OS. The Morgan fingerprint density at radius 3 is 2.97 bits per heavy atom. The summed E-state index contributed by atoms with van der Waals surface area (Å²) in [7, 11) is 1.93. The Hall–Kier alpha value is -3.04. The van der Waals surface area contributed by atoms with Crippen LogP contribution in [0.1, 0.15) is 36.0 Å². The summed E-state index contributed by atoms with van der Waals surface area (Å²) in [6, 6.07) is 5.99. The fourth-order valence-corrected chi connectivity index (χ4v) is 4.86. The normalized spacial score (nSPS) is 19.3. The highest BCUT2D eigenvalue weighted by Gasteiger charge is 2.23. The first-order valence-corrected chi connectivity index (χ1v) is 11.0. The van der Waals surface area contributed by atoms with Crippen LogP contribution in [0.5, 0.6) is 0 Å². The van der Waals surface area contributed by atoms with Gasteiger partial charge in [-0.2, -0.15) is 0 Å². The molecule has 5 rings (SSSR count). The van der Waals surface area contributed by atoms with E-state index in [-0.39, 0.29) is 18.0 Å². The number of carbonyl (C=O) groups excluding carboxylic acids is 1. The maximum atomic E-state index is 13.1. The molecule has 3 aromatic heterocycles. The molecule has 9 heteroatoms. The number of imidazole rings is 1. The molecule has 1 aromatic carbocycles. The highest BCUT2D eigenvalue weighted by Crippen LogP contribution is 2.28. The second-order valence-electron chi connectivity index (χ2n) is 7.74. The number of para-hydroxylation sites is 1. The Morgan fingerprint density at radius 1 is 1.23 bits per heavy atom. The van der Waals surface area contributed by atoms with Crippen molar-refractivity contribution in [3.05, 3.63) is 41.7 Å². The zero-order chi connectivity index (χ0) is 20.7. The number of carbonyl (C=O) groups is 1. The van der Waals surface area contributed by atoms with E-state index in [1.54, 1.807) is 12.5 Å². The molecule has 0 spiro atoms. The topological polar surface area (TPSA) is 111 Å². The van der Waals surface area contributed by atoms with Crippen LogP contribution in [-0.4, -0.2) is 37.5 Å². The van der Waals surface area contributed by atoms with Gasteiger partial charge in [0.15, 0.2) is 0 Å². The van der Waals surface area contributed by atoms with E-state index >= 15 is 0 Å². The summed E-state index contributed by atoms with van der Waals surface area (Å²) in [5.41, 5.74) is 9.82. The molecule has 3 heterocycles. The quantitative estimate of drug-likeness (QED) is 0.465. The molecule has 0 bridgehead atoms. The number of fused-ring (bicyclic) bond motifs is 2. The van der Waals surface area contributed by atoms with Gasteiger partial charge in [0.05, 0.1) is 39.5 Å². The number of aryl methyl sites for hydroxylation is 1. The third kappa shape index (κ3) is 3.40. The number of rotatable bonds is 4. The summed E-state index contributed by atoms with van der Waals surface area (Å²) in [6.45, 7) is 0. The van der Waals surface area contributed by atoms with Gasteiger partial charge in [-0.25, -0.2) is 15.0 Å². The number of hydrogen-bond donors (Lipinski definition) is 3. The Bertz CT molecular complexity index is 1230. The second kappa shape index (κ2) is 7.66. The molecule has 4 N–H and O–H groups in total. The predicted octanol–water partition coefficient (Wildman–Crippen LogP) is 3.51. The molecule has 2 atom stereocenters. The van der Waals surface area contributed by atoms with Crippen LogP contribution in [0.15, 0.2) is 36.1 Å². The molecule has 30 heavy (non-hydrogen) atoms. The lowest BCUT2D eigenvalue weighted by Gasteiger charge is -2.29. The van der Waals surface area contributed by atoms with E-state index in [1.165, 1.54) is 11.3 Å². The van der Waals surface area contributed by atoms with Crippen molar-refractivity contribution in [2.75, 3.05) is 10.6 Å². The number of nitrogens with one attached hydrogen (secondary N) is 2. The fraction of sp³-hybridized carbons (Fsp3) is 0.333. The smallest absolute Gasteiger partial charge is 0.258 e. The summed E-state index contributed by atoms with van der Waals surface area (Å²) >= 11 is 1.46. The van der Waals surface area contributed by atoms with Crippen molar-refractivity contribution < 1.29 is 4.79 Å². The van der Waals surface area contributed by atoms with Crippen molar-refractivity contribution in [2.24, 2.45) is 12.8 Å². The molecule has 1 aliphatic carbocycles. The second-order valence-corrected chi connectivity index (χ2v) is 8.65. The van der Waals surface area contributed by atoms with E-state index in [9.17, 15) is 4.79 Å². The molecule has 4 aromatic rings. The summed E-state index contributed by atoms with van der Waals surface area (Å²) in [5.74, 6) is 0.308. The highest BCUT2D eigenvalue weighted by atomic mass is 32.1. The van der Waals surface area contributed by atoms with Crippen molar-refractivity contribution in [1.82, 2.24) is 19.5 Å². The molecule has 1 aliphatic rings. The van der Waals surface area contributed by atoms with Gasteiger partial charge in [0.1, 0.15) is 5.52 Å². The lowest BCUT2D eigenvalue weighted by Crippen LogP contribution is -2.42. The number of nitrogens with zero attached hydrogens (tertiary/aromatic N) is 4. The minimum Gasteiger partial charge on any atom is -0.350 e. The van der Waals surface area contributed by atoms with E-state index in [4.69, 9.17) is 5.73 Å². The van der Waals surface area contributed by atoms with Gasteiger partial charge in [0.25, 0.3) is 5.91 Å². The minimum atomic E-state index is -0.210. The Balaban J connectivity index is 1.42. The predicted molar refractivity (Wildman–Crippen MR) is 120 cm³/mol. The minimum absolute atomic E-state index is 0.0992. The van der Waals surface area contributed by atoms with Gasteiger partial charge in [0, 0.05) is 24.5 Å². The van der Waals surface area contributed by atoms with Gasteiger partial charge in [-0.1, -0.05) is 18.9 Å². The third-order valence-electron chi connectivity index (χ3n) is 5.70. The van der Waals surface area contributed by atoms with Gasteiger partial charge >= 0.3 is 0 Å². The molecule has 0 saturated heterocycles. The third-order valence-corrected chi connectivity index (χ3v) is 6.60. The Kier molecular flexibility index (Phi) is 4.84. The average Bonchev–Trinajstić information content (AvgIpc) is 3.34. The van der Waals surface area contributed by atoms with Crippen molar-refractivity contribution in [1.29, 1.82) is 0 Å². The van der Waals surface area contributed by atoms with Gasteiger partial charge < -0.3 is 20.9 Å². The summed E-state index contributed by atoms with van der Waals surface area (Å²) < 4.78 is 2.79. The van der Waals surface area contributed by atoms with Crippen molar-refractivity contribution >= 4 is 50.1 Å². The number of amides is 1. The lowest BCUT2D eigenvalue weighted by atomic mass is 9.91. The monoisotopic (exact) mass is 421 g/mol. The number of anilines is 2. The van der Waals surface area contributed by atoms with Crippen LogP contribution in [0.25, 0.3) is 21.3 Å². The molecule has 1 amide bonds. The molecular weight excluding hydrogens is 398 g/mol. The van der Waals surface area contributed by atoms with Crippen molar-refractivity contribution in [3.63, 3.8) is 0 Å². The van der Waals surface area contributed by atoms with E-state index in [0.29, 0.717) is 22.7 Å². The lowest BCUT2D eigenvalue weighted by molar-refractivity contribution is 0.102. The van der Waals surface area contributed by atoms with Gasteiger partial charge in [-0.05, 0) is 25.0 Å². The number of nitrogens with two attached hydrogens (primary N) is 1. The van der Waals surface area contributed by atoms with Crippen molar-refractivity contribution in [3.8, 4) is 0 Å². The Labute approximate surface area is 177 Å². The highest BCUT2D eigenvalue weighted by molar-refractivity contribution is 7.17. The molecule has 0 unspecified atom stereocenters. The zero-order valence-corrected chi connectivity index (χ0v) is 17.4. The van der Waals surface area contributed by atoms with E-state index in [0.717, 1.165) is 41.4 Å². The standard InChI is InChI=1S/C21H23N7OS/c1-28-11-24-19-15(7-4-8-16(19)28)25-20(29)12-10-30-17-9-23-21(27-18(12)17)26-14-6-3-2-5-13(14)22/h4,7-11,13-14H,2-3,5-6,22H2,1H3,(H,25,29)(H,23,26,27)/t13-,14+/m0/s1. The molecule has 1 fully saturated rings. The van der Waals surface area contributed by atoms with E-state index in [2.05, 4.69) is 25.6 Å².